The summed E-state index contributed by atoms with van der Waals surface area (Å²) < 4.78 is 5.19. The lowest BCUT2D eigenvalue weighted by atomic mass is 9.85. The summed E-state index contributed by atoms with van der Waals surface area (Å²) in [5, 5.41) is 12.4. The molecular formula is C12H23NO3. The van der Waals surface area contributed by atoms with Gasteiger partial charge in [0.15, 0.2) is 0 Å². The maximum Gasteiger partial charge on any atom is 0.407 e. The van der Waals surface area contributed by atoms with E-state index in [1.54, 1.807) is 0 Å². The van der Waals surface area contributed by atoms with Crippen LogP contribution >= 0.6 is 0 Å². The van der Waals surface area contributed by atoms with Crippen molar-refractivity contribution in [2.24, 2.45) is 5.92 Å². The van der Waals surface area contributed by atoms with E-state index >= 15 is 0 Å². The molecule has 0 aromatic heterocycles. The van der Waals surface area contributed by atoms with Crippen LogP contribution in [0.4, 0.5) is 4.79 Å². The van der Waals surface area contributed by atoms with Crippen molar-refractivity contribution in [3.63, 3.8) is 0 Å². The molecule has 0 radical (unpaired) electrons. The molecule has 0 aromatic rings. The van der Waals surface area contributed by atoms with Crippen LogP contribution in [0.25, 0.3) is 0 Å². The number of carbonyl (C=O) groups is 1. The summed E-state index contributed by atoms with van der Waals surface area (Å²) in [4.78, 5) is 11.5. The van der Waals surface area contributed by atoms with Crippen molar-refractivity contribution in [3.8, 4) is 0 Å². The third-order valence-corrected chi connectivity index (χ3v) is 2.84. The zero-order valence-corrected chi connectivity index (χ0v) is 10.6. The molecule has 16 heavy (non-hydrogen) atoms. The largest absolute Gasteiger partial charge is 0.444 e. The molecule has 0 aromatic carbocycles. The topological polar surface area (TPSA) is 58.6 Å². The van der Waals surface area contributed by atoms with Crippen molar-refractivity contribution in [2.45, 2.75) is 64.7 Å². The summed E-state index contributed by atoms with van der Waals surface area (Å²) in [7, 11) is 0. The fraction of sp³-hybridized carbons (Fsp3) is 0.917. The Morgan fingerprint density at radius 2 is 2.00 bits per heavy atom. The number of nitrogens with one attached hydrogen (secondary N) is 1. The highest BCUT2D eigenvalue weighted by Crippen LogP contribution is 2.24. The van der Waals surface area contributed by atoms with Crippen molar-refractivity contribution in [2.75, 3.05) is 0 Å². The number of aliphatic hydroxyl groups is 1. The zero-order valence-electron chi connectivity index (χ0n) is 10.6. The molecule has 0 saturated heterocycles. The molecule has 2 N–H and O–H groups in total. The Hall–Kier alpha value is -0.770. The molecule has 1 fully saturated rings. The highest BCUT2D eigenvalue weighted by Gasteiger charge is 2.28. The summed E-state index contributed by atoms with van der Waals surface area (Å²) in [5.41, 5.74) is -0.454. The van der Waals surface area contributed by atoms with Crippen molar-refractivity contribution in [3.05, 3.63) is 0 Å². The predicted octanol–water partition coefficient (Wildman–Crippen LogP) is 2.06. The van der Waals surface area contributed by atoms with Gasteiger partial charge in [0.05, 0.1) is 6.10 Å². The molecule has 0 aliphatic heterocycles. The second kappa shape index (κ2) is 5.04. The molecule has 4 heteroatoms. The minimum absolute atomic E-state index is 0.133. The molecule has 94 valence electrons. The second-order valence-electron chi connectivity index (χ2n) is 5.70. The molecule has 0 spiro atoms. The third kappa shape index (κ3) is 4.39. The minimum atomic E-state index is -0.454. The molecule has 0 bridgehead atoms. The lowest BCUT2D eigenvalue weighted by Gasteiger charge is -2.32. The second-order valence-corrected chi connectivity index (χ2v) is 5.70. The van der Waals surface area contributed by atoms with Gasteiger partial charge in [-0.2, -0.15) is 0 Å². The number of hydrogen-bond acceptors (Lipinski definition) is 3. The highest BCUT2D eigenvalue weighted by atomic mass is 16.6. The van der Waals surface area contributed by atoms with E-state index in [1.807, 2.05) is 27.7 Å². The van der Waals surface area contributed by atoms with Crippen LogP contribution in [-0.2, 0) is 4.74 Å². The Bertz CT molecular complexity index is 247. The van der Waals surface area contributed by atoms with Crippen molar-refractivity contribution in [1.29, 1.82) is 0 Å². The number of ether oxygens (including phenoxy) is 1. The number of carbonyl (C=O) groups excluding carboxylic acids is 1. The predicted molar refractivity (Wildman–Crippen MR) is 62.2 cm³/mol. The summed E-state index contributed by atoms with van der Waals surface area (Å²) in [5.74, 6) is 0.244. The first kappa shape index (κ1) is 13.3. The SMILES string of the molecule is CC1CC(NC(=O)OC(C)(C)C)CCC1O. The Morgan fingerprint density at radius 3 is 2.50 bits per heavy atom. The van der Waals surface area contributed by atoms with Crippen LogP contribution in [0.2, 0.25) is 0 Å². The Morgan fingerprint density at radius 1 is 1.38 bits per heavy atom. The van der Waals surface area contributed by atoms with Gasteiger partial charge >= 0.3 is 6.09 Å². The van der Waals surface area contributed by atoms with E-state index in [-0.39, 0.29) is 24.2 Å². The molecule has 1 rings (SSSR count). The smallest absolute Gasteiger partial charge is 0.407 e. The van der Waals surface area contributed by atoms with Crippen LogP contribution in [0, 0.1) is 5.92 Å². The number of aliphatic hydroxyl groups excluding tert-OH is 1. The average Bonchev–Trinajstić information content (AvgIpc) is 2.08. The Labute approximate surface area is 97.4 Å². The van der Waals surface area contributed by atoms with Crippen LogP contribution in [-0.4, -0.2) is 28.9 Å². The summed E-state index contributed by atoms with van der Waals surface area (Å²) >= 11 is 0. The molecule has 1 saturated carbocycles. The van der Waals surface area contributed by atoms with E-state index in [4.69, 9.17) is 4.74 Å². The average molecular weight is 229 g/mol. The van der Waals surface area contributed by atoms with Gasteiger partial charge in [0.25, 0.3) is 0 Å². The molecule has 0 heterocycles. The van der Waals surface area contributed by atoms with Gasteiger partial charge in [-0.1, -0.05) is 6.92 Å². The molecule has 1 amide bonds. The monoisotopic (exact) mass is 229 g/mol. The number of hydrogen-bond donors (Lipinski definition) is 2. The van der Waals surface area contributed by atoms with Crippen LogP contribution in [0.5, 0.6) is 0 Å². The van der Waals surface area contributed by atoms with E-state index in [2.05, 4.69) is 5.32 Å². The standard InChI is InChI=1S/C12H23NO3/c1-8-7-9(5-6-10(8)14)13-11(15)16-12(2,3)4/h8-10,14H,5-7H2,1-4H3,(H,13,15). The number of amides is 1. The highest BCUT2D eigenvalue weighted by molar-refractivity contribution is 5.68. The third-order valence-electron chi connectivity index (χ3n) is 2.84. The van der Waals surface area contributed by atoms with Gasteiger partial charge in [0.2, 0.25) is 0 Å². The fourth-order valence-corrected chi connectivity index (χ4v) is 1.99. The van der Waals surface area contributed by atoms with Gasteiger partial charge in [-0.25, -0.2) is 4.79 Å². The lowest BCUT2D eigenvalue weighted by Crippen LogP contribution is -2.43. The Balaban J connectivity index is 2.35. The van der Waals surface area contributed by atoms with E-state index < -0.39 is 5.60 Å². The van der Waals surface area contributed by atoms with E-state index in [0.717, 1.165) is 19.3 Å². The molecule has 3 atom stereocenters. The van der Waals surface area contributed by atoms with Crippen LogP contribution < -0.4 is 5.32 Å². The zero-order chi connectivity index (χ0) is 12.3. The summed E-state index contributed by atoms with van der Waals surface area (Å²) in [6.07, 6.45) is 1.81. The first-order valence-corrected chi connectivity index (χ1v) is 5.95. The molecule has 3 unspecified atom stereocenters. The van der Waals surface area contributed by atoms with Crippen LogP contribution in [0.1, 0.15) is 47.0 Å². The van der Waals surface area contributed by atoms with E-state index in [0.29, 0.717) is 0 Å². The normalized spacial score (nSPS) is 30.9. The fourth-order valence-electron chi connectivity index (χ4n) is 1.99. The van der Waals surface area contributed by atoms with Crippen molar-refractivity contribution < 1.29 is 14.6 Å². The van der Waals surface area contributed by atoms with Gasteiger partial charge in [-0.3, -0.25) is 0 Å². The molecule has 1 aliphatic carbocycles. The van der Waals surface area contributed by atoms with Gasteiger partial charge < -0.3 is 15.2 Å². The Kier molecular flexibility index (Phi) is 4.19. The first-order chi connectivity index (χ1) is 7.28. The summed E-state index contributed by atoms with van der Waals surface area (Å²) in [6, 6.07) is 0.133. The molecule has 4 nitrogen and oxygen atoms in total. The minimum Gasteiger partial charge on any atom is -0.444 e. The van der Waals surface area contributed by atoms with Gasteiger partial charge in [-0.05, 0) is 46.0 Å². The first-order valence-electron chi connectivity index (χ1n) is 5.95. The molecule has 1 aliphatic rings. The number of alkyl carbamates (subject to hydrolysis) is 1. The maximum atomic E-state index is 11.5. The summed E-state index contributed by atoms with van der Waals surface area (Å²) in [6.45, 7) is 7.55. The van der Waals surface area contributed by atoms with Crippen LogP contribution in [0.15, 0.2) is 0 Å². The van der Waals surface area contributed by atoms with Gasteiger partial charge in [-0.15, -0.1) is 0 Å². The van der Waals surface area contributed by atoms with E-state index in [9.17, 15) is 9.90 Å². The maximum absolute atomic E-state index is 11.5. The quantitative estimate of drug-likeness (QED) is 0.723. The molecular weight excluding hydrogens is 206 g/mol. The van der Waals surface area contributed by atoms with Gasteiger partial charge in [0.1, 0.15) is 5.60 Å². The van der Waals surface area contributed by atoms with Gasteiger partial charge in [0, 0.05) is 6.04 Å². The van der Waals surface area contributed by atoms with Crippen molar-refractivity contribution >= 4 is 6.09 Å². The van der Waals surface area contributed by atoms with Crippen LogP contribution in [0.3, 0.4) is 0 Å². The lowest BCUT2D eigenvalue weighted by molar-refractivity contribution is 0.0382. The van der Waals surface area contributed by atoms with E-state index in [1.165, 1.54) is 0 Å². The van der Waals surface area contributed by atoms with Crippen molar-refractivity contribution in [1.82, 2.24) is 5.32 Å². The number of rotatable bonds is 1.